The van der Waals surface area contributed by atoms with Gasteiger partial charge in [-0.25, -0.2) is 4.21 Å². The Hall–Kier alpha value is 0.217. The van der Waals surface area contributed by atoms with Crippen molar-refractivity contribution in [1.82, 2.24) is 0 Å². The van der Waals surface area contributed by atoms with E-state index < -0.39 is 11.1 Å². The molecule has 1 aromatic carbocycles. The quantitative estimate of drug-likeness (QED) is 0.527. The van der Waals surface area contributed by atoms with Crippen LogP contribution in [0, 0.1) is 0 Å². The number of hydrogen-bond acceptors (Lipinski definition) is 1. The van der Waals surface area contributed by atoms with Crippen molar-refractivity contribution in [2.75, 3.05) is 0 Å². The van der Waals surface area contributed by atoms with Gasteiger partial charge in [-0.15, -0.1) is 0 Å². The first kappa shape index (κ1) is 11.2. The van der Waals surface area contributed by atoms with Gasteiger partial charge in [-0.3, -0.25) is 0 Å². The van der Waals surface area contributed by atoms with Crippen LogP contribution >= 0.6 is 11.6 Å². The molecule has 0 saturated carbocycles. The Labute approximate surface area is 84.4 Å². The average molecular weight is 185 g/mol. The van der Waals surface area contributed by atoms with E-state index in [0.29, 0.717) is 9.92 Å². The van der Waals surface area contributed by atoms with Gasteiger partial charge in [0.15, 0.2) is 11.1 Å². The summed E-state index contributed by atoms with van der Waals surface area (Å²) >= 11 is 3.64. The Morgan fingerprint density at radius 2 is 1.73 bits per heavy atom. The van der Waals surface area contributed by atoms with Crippen LogP contribution in [0.4, 0.5) is 0 Å². The SMILES string of the molecule is O=S(O)c1ccc(Cl)cc1.[LiH]. The first-order valence-electron chi connectivity index (χ1n) is 2.56. The molecule has 0 bridgehead atoms. The summed E-state index contributed by atoms with van der Waals surface area (Å²) in [6.07, 6.45) is 0. The Morgan fingerprint density at radius 3 is 2.09 bits per heavy atom. The van der Waals surface area contributed by atoms with E-state index in [1.165, 1.54) is 12.1 Å². The Morgan fingerprint density at radius 1 is 1.27 bits per heavy atom. The third kappa shape index (κ3) is 3.41. The maximum absolute atomic E-state index is 10.4. The fraction of sp³-hybridized carbons (Fsp3) is 0. The van der Waals surface area contributed by atoms with Crippen molar-refractivity contribution in [3.8, 4) is 0 Å². The van der Waals surface area contributed by atoms with Crippen LogP contribution in [0.2, 0.25) is 5.02 Å². The maximum atomic E-state index is 10.4. The molecular formula is C6H6ClLiO2S. The fourth-order valence-electron chi connectivity index (χ4n) is 0.551. The second kappa shape index (κ2) is 4.97. The van der Waals surface area contributed by atoms with Gasteiger partial charge in [-0.1, -0.05) is 11.6 Å². The van der Waals surface area contributed by atoms with Gasteiger partial charge in [-0.05, 0) is 24.3 Å². The molecule has 1 N–H and O–H groups in total. The predicted molar refractivity (Wildman–Crippen MR) is 47.6 cm³/mol. The van der Waals surface area contributed by atoms with Crippen molar-refractivity contribution in [1.29, 1.82) is 0 Å². The van der Waals surface area contributed by atoms with Crippen molar-refractivity contribution in [2.45, 2.75) is 4.90 Å². The Kier molecular flexibility index (Phi) is 5.07. The van der Waals surface area contributed by atoms with E-state index in [2.05, 4.69) is 0 Å². The molecule has 0 heterocycles. The van der Waals surface area contributed by atoms with Crippen LogP contribution in [0.25, 0.3) is 0 Å². The standard InChI is InChI=1S/C6H5ClO2S.Li.H/c7-5-1-3-6(4-2-5)10(8)9;;/h1-4H,(H,8,9);;. The van der Waals surface area contributed by atoms with Crippen molar-refractivity contribution in [2.24, 2.45) is 0 Å². The third-order valence-corrected chi connectivity index (χ3v) is 1.94. The molecular weight excluding hydrogens is 179 g/mol. The zero-order valence-corrected chi connectivity index (χ0v) is 6.52. The van der Waals surface area contributed by atoms with Gasteiger partial charge in [0, 0.05) is 5.02 Å². The molecule has 0 radical (unpaired) electrons. The Balaban J connectivity index is 0.000001000. The number of hydrogen-bond donors (Lipinski definition) is 1. The van der Waals surface area contributed by atoms with Crippen LogP contribution in [-0.4, -0.2) is 27.6 Å². The minimum atomic E-state index is -1.90. The summed E-state index contributed by atoms with van der Waals surface area (Å²) in [6.45, 7) is 0. The molecule has 56 valence electrons. The van der Waals surface area contributed by atoms with E-state index in [9.17, 15) is 4.21 Å². The first-order chi connectivity index (χ1) is 4.70. The molecule has 0 aromatic heterocycles. The van der Waals surface area contributed by atoms with Crippen LogP contribution < -0.4 is 0 Å². The predicted octanol–water partition coefficient (Wildman–Crippen LogP) is 1.27. The van der Waals surface area contributed by atoms with E-state index in [1.807, 2.05) is 0 Å². The zero-order chi connectivity index (χ0) is 7.56. The zero-order valence-electron chi connectivity index (χ0n) is 4.95. The molecule has 1 aromatic rings. The second-order valence-corrected chi connectivity index (χ2v) is 3.11. The molecule has 1 atom stereocenters. The molecule has 0 aliphatic heterocycles. The van der Waals surface area contributed by atoms with Crippen LogP contribution in [-0.2, 0) is 11.1 Å². The van der Waals surface area contributed by atoms with Gasteiger partial charge in [0.2, 0.25) is 0 Å². The van der Waals surface area contributed by atoms with Crippen LogP contribution in [0.1, 0.15) is 0 Å². The van der Waals surface area contributed by atoms with Gasteiger partial charge in [-0.2, -0.15) is 0 Å². The normalized spacial score (nSPS) is 11.8. The van der Waals surface area contributed by atoms with Gasteiger partial charge in [0.25, 0.3) is 0 Å². The average Bonchev–Trinajstić information content (AvgIpc) is 1.88. The fourth-order valence-corrected chi connectivity index (χ4v) is 1.05. The van der Waals surface area contributed by atoms with Crippen molar-refractivity contribution in [3.63, 3.8) is 0 Å². The minimum absolute atomic E-state index is 0. The molecule has 2 nitrogen and oxygen atoms in total. The summed E-state index contributed by atoms with van der Waals surface area (Å²) in [5.41, 5.74) is 0. The van der Waals surface area contributed by atoms with Crippen LogP contribution in [0.3, 0.4) is 0 Å². The van der Waals surface area contributed by atoms with E-state index in [-0.39, 0.29) is 18.9 Å². The summed E-state index contributed by atoms with van der Waals surface area (Å²) in [7, 11) is 0. The number of rotatable bonds is 1. The first-order valence-corrected chi connectivity index (χ1v) is 4.05. The van der Waals surface area contributed by atoms with Gasteiger partial charge in [0.05, 0.1) is 4.90 Å². The summed E-state index contributed by atoms with van der Waals surface area (Å²) in [5, 5.41) is 0.564. The van der Waals surface area contributed by atoms with Crippen molar-refractivity contribution < 1.29 is 8.76 Å². The second-order valence-electron chi connectivity index (χ2n) is 1.70. The molecule has 0 fully saturated rings. The van der Waals surface area contributed by atoms with Gasteiger partial charge >= 0.3 is 18.9 Å². The van der Waals surface area contributed by atoms with E-state index in [0.717, 1.165) is 0 Å². The molecule has 0 spiro atoms. The molecule has 0 amide bonds. The van der Waals surface area contributed by atoms with Gasteiger partial charge < -0.3 is 4.55 Å². The van der Waals surface area contributed by atoms with Crippen LogP contribution in [0.5, 0.6) is 0 Å². The van der Waals surface area contributed by atoms with Gasteiger partial charge in [0.1, 0.15) is 0 Å². The van der Waals surface area contributed by atoms with E-state index in [4.69, 9.17) is 16.2 Å². The van der Waals surface area contributed by atoms with Crippen molar-refractivity contribution >= 4 is 41.5 Å². The monoisotopic (exact) mass is 184 g/mol. The summed E-state index contributed by atoms with van der Waals surface area (Å²) < 4.78 is 18.9. The molecule has 11 heavy (non-hydrogen) atoms. The number of halogens is 1. The topological polar surface area (TPSA) is 37.3 Å². The molecule has 0 aliphatic carbocycles. The summed E-state index contributed by atoms with van der Waals surface area (Å²) in [4.78, 5) is 0.365. The molecule has 5 heteroatoms. The van der Waals surface area contributed by atoms with E-state index >= 15 is 0 Å². The number of benzene rings is 1. The van der Waals surface area contributed by atoms with E-state index in [1.54, 1.807) is 12.1 Å². The molecule has 1 rings (SSSR count). The third-order valence-electron chi connectivity index (χ3n) is 1.02. The molecule has 1 unspecified atom stereocenters. The molecule has 0 aliphatic rings. The van der Waals surface area contributed by atoms with Crippen LogP contribution in [0.15, 0.2) is 29.2 Å². The summed E-state index contributed by atoms with van der Waals surface area (Å²) in [5.74, 6) is 0. The molecule has 0 saturated heterocycles. The Bertz CT molecular complexity index is 249. The summed E-state index contributed by atoms with van der Waals surface area (Å²) in [6, 6.07) is 6.17. The van der Waals surface area contributed by atoms with Crippen molar-refractivity contribution in [3.05, 3.63) is 29.3 Å².